The molecule has 0 aromatic carbocycles. The summed E-state index contributed by atoms with van der Waals surface area (Å²) >= 11 is 0. The van der Waals surface area contributed by atoms with Crippen molar-refractivity contribution in [2.75, 3.05) is 6.54 Å². The summed E-state index contributed by atoms with van der Waals surface area (Å²) in [6, 6.07) is 0.345. The van der Waals surface area contributed by atoms with Crippen LogP contribution in [0, 0.1) is 0 Å². The summed E-state index contributed by atoms with van der Waals surface area (Å²) in [5, 5.41) is 10.5. The SMILES string of the molecule is CCCCCCCCCCC(NCCC)c1ncn[nH]1. The molecule has 0 amide bonds. The maximum absolute atomic E-state index is 4.29. The van der Waals surface area contributed by atoms with E-state index in [1.807, 2.05) is 0 Å². The summed E-state index contributed by atoms with van der Waals surface area (Å²) in [4.78, 5) is 4.29. The Balaban J connectivity index is 2.10. The largest absolute Gasteiger partial charge is 0.307 e. The minimum Gasteiger partial charge on any atom is -0.307 e. The van der Waals surface area contributed by atoms with Crippen molar-refractivity contribution in [3.8, 4) is 0 Å². The molecule has 0 aliphatic heterocycles. The Kier molecular flexibility index (Phi) is 10.2. The van der Waals surface area contributed by atoms with E-state index in [4.69, 9.17) is 0 Å². The van der Waals surface area contributed by atoms with Gasteiger partial charge in [-0.2, -0.15) is 5.10 Å². The van der Waals surface area contributed by atoms with Crippen molar-refractivity contribution in [2.45, 2.75) is 84.1 Å². The third-order valence-electron chi connectivity index (χ3n) is 3.75. The van der Waals surface area contributed by atoms with Gasteiger partial charge in [-0.25, -0.2) is 4.98 Å². The van der Waals surface area contributed by atoms with Gasteiger partial charge in [0.05, 0.1) is 6.04 Å². The van der Waals surface area contributed by atoms with Crippen LogP contribution >= 0.6 is 0 Å². The summed E-state index contributed by atoms with van der Waals surface area (Å²) in [7, 11) is 0. The van der Waals surface area contributed by atoms with Crippen molar-refractivity contribution in [2.24, 2.45) is 0 Å². The summed E-state index contributed by atoms with van der Waals surface area (Å²) < 4.78 is 0. The van der Waals surface area contributed by atoms with E-state index in [2.05, 4.69) is 34.3 Å². The molecule has 0 saturated heterocycles. The van der Waals surface area contributed by atoms with Gasteiger partial charge in [-0.15, -0.1) is 0 Å². The number of aromatic amines is 1. The van der Waals surface area contributed by atoms with Crippen LogP contribution < -0.4 is 5.32 Å². The van der Waals surface area contributed by atoms with Gasteiger partial charge in [0.15, 0.2) is 0 Å². The molecule has 4 heteroatoms. The average molecular weight is 280 g/mol. The van der Waals surface area contributed by atoms with Gasteiger partial charge in [-0.05, 0) is 19.4 Å². The maximum Gasteiger partial charge on any atom is 0.141 e. The van der Waals surface area contributed by atoms with Crippen LogP contribution in [0.5, 0.6) is 0 Å². The standard InChI is InChI=1S/C16H32N4/c1-3-5-6-7-8-9-10-11-12-15(17-13-4-2)16-18-14-19-20-16/h14-15,17H,3-13H2,1-2H3,(H,18,19,20). The Morgan fingerprint density at radius 3 is 2.30 bits per heavy atom. The third kappa shape index (κ3) is 7.63. The van der Waals surface area contributed by atoms with E-state index in [9.17, 15) is 0 Å². The molecule has 0 radical (unpaired) electrons. The summed E-state index contributed by atoms with van der Waals surface area (Å²) in [6.07, 6.45) is 14.9. The molecule has 1 atom stereocenters. The van der Waals surface area contributed by atoms with Gasteiger partial charge < -0.3 is 5.32 Å². The second-order valence-corrected chi connectivity index (χ2v) is 5.64. The fraction of sp³-hybridized carbons (Fsp3) is 0.875. The molecule has 0 aliphatic carbocycles. The van der Waals surface area contributed by atoms with E-state index in [1.54, 1.807) is 6.33 Å². The molecule has 1 aromatic rings. The van der Waals surface area contributed by atoms with E-state index in [0.29, 0.717) is 6.04 Å². The Morgan fingerprint density at radius 2 is 1.70 bits per heavy atom. The van der Waals surface area contributed by atoms with Gasteiger partial charge >= 0.3 is 0 Å². The second kappa shape index (κ2) is 11.9. The van der Waals surface area contributed by atoms with Crippen molar-refractivity contribution in [1.29, 1.82) is 0 Å². The van der Waals surface area contributed by atoms with E-state index in [0.717, 1.165) is 25.2 Å². The summed E-state index contributed by atoms with van der Waals surface area (Å²) in [6.45, 7) is 5.51. The van der Waals surface area contributed by atoms with Gasteiger partial charge in [0.25, 0.3) is 0 Å². The summed E-state index contributed by atoms with van der Waals surface area (Å²) in [5.74, 6) is 0.987. The number of nitrogens with one attached hydrogen (secondary N) is 2. The topological polar surface area (TPSA) is 53.6 Å². The first-order chi connectivity index (χ1) is 9.88. The van der Waals surface area contributed by atoms with Crippen LogP contribution in [0.4, 0.5) is 0 Å². The predicted molar refractivity (Wildman–Crippen MR) is 84.6 cm³/mol. The number of H-pyrrole nitrogens is 1. The van der Waals surface area contributed by atoms with E-state index in [1.165, 1.54) is 51.4 Å². The fourth-order valence-corrected chi connectivity index (χ4v) is 2.52. The lowest BCUT2D eigenvalue weighted by Gasteiger charge is -2.15. The van der Waals surface area contributed by atoms with Crippen LogP contribution in [0.2, 0.25) is 0 Å². The number of hydrogen-bond donors (Lipinski definition) is 2. The van der Waals surface area contributed by atoms with E-state index in [-0.39, 0.29) is 0 Å². The number of aromatic nitrogens is 3. The third-order valence-corrected chi connectivity index (χ3v) is 3.75. The van der Waals surface area contributed by atoms with Crippen molar-refractivity contribution >= 4 is 0 Å². The van der Waals surface area contributed by atoms with Crippen LogP contribution in [-0.4, -0.2) is 21.7 Å². The van der Waals surface area contributed by atoms with Crippen molar-refractivity contribution in [3.63, 3.8) is 0 Å². The molecule has 0 bridgehead atoms. The molecule has 0 spiro atoms. The first-order valence-corrected chi connectivity index (χ1v) is 8.47. The molecular weight excluding hydrogens is 248 g/mol. The molecule has 1 unspecified atom stereocenters. The van der Waals surface area contributed by atoms with Gasteiger partial charge in [-0.1, -0.05) is 65.2 Å². The van der Waals surface area contributed by atoms with Gasteiger partial charge in [-0.3, -0.25) is 5.10 Å². The van der Waals surface area contributed by atoms with Gasteiger partial charge in [0.2, 0.25) is 0 Å². The number of nitrogens with zero attached hydrogens (tertiary/aromatic N) is 2. The van der Waals surface area contributed by atoms with Gasteiger partial charge in [0.1, 0.15) is 12.2 Å². The second-order valence-electron chi connectivity index (χ2n) is 5.64. The van der Waals surface area contributed by atoms with Crippen LogP contribution in [0.25, 0.3) is 0 Å². The normalized spacial score (nSPS) is 12.7. The first-order valence-electron chi connectivity index (χ1n) is 8.47. The highest BCUT2D eigenvalue weighted by molar-refractivity contribution is 4.91. The predicted octanol–water partition coefficient (Wildman–Crippen LogP) is 4.38. The zero-order valence-electron chi connectivity index (χ0n) is 13.3. The smallest absolute Gasteiger partial charge is 0.141 e. The highest BCUT2D eigenvalue weighted by Crippen LogP contribution is 2.17. The van der Waals surface area contributed by atoms with Crippen LogP contribution in [-0.2, 0) is 0 Å². The first kappa shape index (κ1) is 17.2. The Hall–Kier alpha value is -0.900. The molecule has 1 rings (SSSR count). The van der Waals surface area contributed by atoms with Crippen LogP contribution in [0.3, 0.4) is 0 Å². The summed E-state index contributed by atoms with van der Waals surface area (Å²) in [5.41, 5.74) is 0. The molecule has 116 valence electrons. The Morgan fingerprint density at radius 1 is 1.00 bits per heavy atom. The van der Waals surface area contributed by atoms with E-state index >= 15 is 0 Å². The van der Waals surface area contributed by atoms with Crippen molar-refractivity contribution < 1.29 is 0 Å². The average Bonchev–Trinajstić information content (AvgIpc) is 2.99. The zero-order valence-corrected chi connectivity index (χ0v) is 13.3. The monoisotopic (exact) mass is 280 g/mol. The Labute approximate surface area is 124 Å². The minimum absolute atomic E-state index is 0.345. The molecule has 1 heterocycles. The number of unbranched alkanes of at least 4 members (excludes halogenated alkanes) is 7. The molecule has 1 aromatic heterocycles. The minimum atomic E-state index is 0.345. The number of rotatable bonds is 13. The lowest BCUT2D eigenvalue weighted by atomic mass is 10.0. The molecule has 0 fully saturated rings. The maximum atomic E-state index is 4.29. The van der Waals surface area contributed by atoms with Crippen molar-refractivity contribution in [3.05, 3.63) is 12.2 Å². The highest BCUT2D eigenvalue weighted by atomic mass is 15.2. The van der Waals surface area contributed by atoms with Gasteiger partial charge in [0, 0.05) is 0 Å². The lowest BCUT2D eigenvalue weighted by Crippen LogP contribution is -2.23. The zero-order chi connectivity index (χ0) is 14.5. The molecule has 0 aliphatic rings. The van der Waals surface area contributed by atoms with Crippen molar-refractivity contribution in [1.82, 2.24) is 20.5 Å². The molecule has 0 saturated carbocycles. The molecule has 2 N–H and O–H groups in total. The highest BCUT2D eigenvalue weighted by Gasteiger charge is 2.12. The van der Waals surface area contributed by atoms with E-state index < -0.39 is 0 Å². The Bertz CT molecular complexity index is 297. The number of hydrogen-bond acceptors (Lipinski definition) is 3. The van der Waals surface area contributed by atoms with Crippen LogP contribution in [0.15, 0.2) is 6.33 Å². The fourth-order valence-electron chi connectivity index (χ4n) is 2.52. The quantitative estimate of drug-likeness (QED) is 0.527. The molecule has 4 nitrogen and oxygen atoms in total. The lowest BCUT2D eigenvalue weighted by molar-refractivity contribution is 0.449. The molecule has 20 heavy (non-hydrogen) atoms. The molecular formula is C16H32N4. The van der Waals surface area contributed by atoms with Crippen LogP contribution in [0.1, 0.15) is 89.9 Å².